The summed E-state index contributed by atoms with van der Waals surface area (Å²) in [6.07, 6.45) is 2.43. The average Bonchev–Trinajstić information content (AvgIpc) is 2.78. The number of carboxylic acid groups (broad SMARTS) is 1. The van der Waals surface area contributed by atoms with Gasteiger partial charge in [-0.15, -0.1) is 0 Å². The molecule has 0 radical (unpaired) electrons. The summed E-state index contributed by atoms with van der Waals surface area (Å²) in [6, 6.07) is 9.41. The number of hydrogen-bond acceptors (Lipinski definition) is 3. The summed E-state index contributed by atoms with van der Waals surface area (Å²) in [4.78, 5) is 25.4. The molecule has 2 bridgehead atoms. The molecule has 0 spiro atoms. The number of nitrogens with zero attached hydrogens (tertiary/aromatic N) is 1. The van der Waals surface area contributed by atoms with Gasteiger partial charge in [-0.1, -0.05) is 36.8 Å². The molecule has 1 saturated carbocycles. The monoisotopic (exact) mass is 289 g/mol. The van der Waals surface area contributed by atoms with Gasteiger partial charge in [0.15, 0.2) is 0 Å². The van der Waals surface area contributed by atoms with Crippen LogP contribution in [0.25, 0.3) is 0 Å². The Bertz CT molecular complexity index is 544. The molecule has 112 valence electrons. The number of likely N-dealkylation sites (tertiary alicyclic amines) is 1. The third kappa shape index (κ3) is 2.48. The SMILES string of the molecule is O=C(OCc1ccccc1)N1C[C@@H]2CCC[C@@]1(C(=O)O)C2. The van der Waals surface area contributed by atoms with Crippen LogP contribution in [0.1, 0.15) is 31.2 Å². The number of carbonyl (C=O) groups is 2. The molecule has 2 aliphatic rings. The van der Waals surface area contributed by atoms with E-state index in [0.717, 1.165) is 18.4 Å². The summed E-state index contributed by atoms with van der Waals surface area (Å²) in [7, 11) is 0. The van der Waals surface area contributed by atoms with E-state index in [0.29, 0.717) is 25.3 Å². The highest BCUT2D eigenvalue weighted by molar-refractivity contribution is 5.85. The molecule has 3 rings (SSSR count). The van der Waals surface area contributed by atoms with Crippen molar-refractivity contribution in [2.24, 2.45) is 5.92 Å². The van der Waals surface area contributed by atoms with Gasteiger partial charge in [-0.2, -0.15) is 0 Å². The van der Waals surface area contributed by atoms with Gasteiger partial charge in [0.25, 0.3) is 0 Å². The lowest BCUT2D eigenvalue weighted by Gasteiger charge is -2.34. The highest BCUT2D eigenvalue weighted by Crippen LogP contribution is 2.44. The lowest BCUT2D eigenvalue weighted by molar-refractivity contribution is -0.149. The van der Waals surface area contributed by atoms with Gasteiger partial charge < -0.3 is 9.84 Å². The highest BCUT2D eigenvalue weighted by Gasteiger charge is 2.55. The Kier molecular flexibility index (Phi) is 3.57. The smallest absolute Gasteiger partial charge is 0.411 e. The lowest BCUT2D eigenvalue weighted by Crippen LogP contribution is -2.53. The minimum absolute atomic E-state index is 0.177. The third-order valence-corrected chi connectivity index (χ3v) is 4.61. The molecule has 1 aliphatic carbocycles. The first-order valence-corrected chi connectivity index (χ1v) is 7.33. The molecule has 1 saturated heterocycles. The fraction of sp³-hybridized carbons (Fsp3) is 0.500. The van der Waals surface area contributed by atoms with Crippen LogP contribution in [0.15, 0.2) is 30.3 Å². The highest BCUT2D eigenvalue weighted by atomic mass is 16.6. The molecule has 0 unspecified atom stereocenters. The van der Waals surface area contributed by atoms with Gasteiger partial charge in [0.1, 0.15) is 12.1 Å². The van der Waals surface area contributed by atoms with Crippen LogP contribution in [0.3, 0.4) is 0 Å². The van der Waals surface area contributed by atoms with Crippen molar-refractivity contribution in [2.45, 2.75) is 37.8 Å². The summed E-state index contributed by atoms with van der Waals surface area (Å²) in [6.45, 7) is 0.677. The van der Waals surface area contributed by atoms with Crippen molar-refractivity contribution in [3.63, 3.8) is 0 Å². The molecule has 1 aliphatic heterocycles. The maximum absolute atomic E-state index is 12.3. The second kappa shape index (κ2) is 5.39. The maximum Gasteiger partial charge on any atom is 0.411 e. The topological polar surface area (TPSA) is 66.8 Å². The second-order valence-corrected chi connectivity index (χ2v) is 5.95. The molecule has 2 fully saturated rings. The van der Waals surface area contributed by atoms with Crippen molar-refractivity contribution in [2.75, 3.05) is 6.54 Å². The van der Waals surface area contributed by atoms with Crippen LogP contribution in [-0.2, 0) is 16.1 Å². The predicted octanol–water partition coefficient (Wildman–Crippen LogP) is 2.65. The van der Waals surface area contributed by atoms with E-state index in [1.165, 1.54) is 4.90 Å². The van der Waals surface area contributed by atoms with E-state index in [1.54, 1.807) is 0 Å². The Hall–Kier alpha value is -2.04. The number of amides is 1. The zero-order valence-corrected chi connectivity index (χ0v) is 11.8. The molecule has 1 aromatic rings. The summed E-state index contributed by atoms with van der Waals surface area (Å²) in [5.41, 5.74) is -0.145. The first kappa shape index (κ1) is 13.9. The summed E-state index contributed by atoms with van der Waals surface area (Å²) >= 11 is 0. The molecule has 21 heavy (non-hydrogen) atoms. The summed E-state index contributed by atoms with van der Waals surface area (Å²) in [5, 5.41) is 9.57. The van der Waals surface area contributed by atoms with Crippen LogP contribution < -0.4 is 0 Å². The molecular formula is C16H19NO4. The Morgan fingerprint density at radius 1 is 1.33 bits per heavy atom. The van der Waals surface area contributed by atoms with Crippen LogP contribution in [0.4, 0.5) is 4.79 Å². The zero-order valence-electron chi connectivity index (χ0n) is 11.8. The van der Waals surface area contributed by atoms with Gasteiger partial charge in [0.2, 0.25) is 0 Å². The Labute approximate surface area is 123 Å². The second-order valence-electron chi connectivity index (χ2n) is 5.95. The van der Waals surface area contributed by atoms with Crippen molar-refractivity contribution in [3.05, 3.63) is 35.9 Å². The van der Waals surface area contributed by atoms with Crippen molar-refractivity contribution in [1.82, 2.24) is 4.90 Å². The number of carboxylic acids is 1. The quantitative estimate of drug-likeness (QED) is 0.929. The van der Waals surface area contributed by atoms with Crippen molar-refractivity contribution < 1.29 is 19.4 Å². The van der Waals surface area contributed by atoms with Gasteiger partial charge >= 0.3 is 12.1 Å². The molecule has 2 atom stereocenters. The minimum atomic E-state index is -1.04. The molecular weight excluding hydrogens is 270 g/mol. The molecule has 5 heteroatoms. The van der Waals surface area contributed by atoms with Crippen LogP contribution in [0, 0.1) is 5.92 Å². The fourth-order valence-electron chi connectivity index (χ4n) is 3.55. The standard InChI is InChI=1S/C16H19NO4/c18-14(19)16-8-4-7-13(9-16)10-17(16)15(20)21-11-12-5-2-1-3-6-12/h1-3,5-6,13H,4,7-11H2,(H,18,19)/t13-,16+/m1/s1. The molecule has 1 N–H and O–H groups in total. The van der Waals surface area contributed by atoms with E-state index in [1.807, 2.05) is 30.3 Å². The zero-order chi connectivity index (χ0) is 14.9. The van der Waals surface area contributed by atoms with E-state index in [-0.39, 0.29) is 6.61 Å². The van der Waals surface area contributed by atoms with E-state index in [2.05, 4.69) is 0 Å². The van der Waals surface area contributed by atoms with Crippen LogP contribution in [0.5, 0.6) is 0 Å². The van der Waals surface area contributed by atoms with E-state index >= 15 is 0 Å². The first-order valence-electron chi connectivity index (χ1n) is 7.33. The number of hydrogen-bond donors (Lipinski definition) is 1. The third-order valence-electron chi connectivity index (χ3n) is 4.61. The summed E-state index contributed by atoms with van der Waals surface area (Å²) < 4.78 is 5.32. The molecule has 1 amide bonds. The maximum atomic E-state index is 12.3. The normalized spacial score (nSPS) is 27.4. The number of rotatable bonds is 3. The molecule has 0 aromatic heterocycles. The Morgan fingerprint density at radius 2 is 2.10 bits per heavy atom. The Balaban J connectivity index is 1.70. The van der Waals surface area contributed by atoms with Gasteiger partial charge in [-0.3, -0.25) is 4.90 Å². The van der Waals surface area contributed by atoms with Crippen molar-refractivity contribution in [1.29, 1.82) is 0 Å². The summed E-state index contributed by atoms with van der Waals surface area (Å²) in [5.74, 6) is -0.611. The number of fused-ring (bicyclic) bond motifs is 2. The van der Waals surface area contributed by atoms with Gasteiger partial charge in [0.05, 0.1) is 0 Å². The number of benzene rings is 1. The largest absolute Gasteiger partial charge is 0.479 e. The van der Waals surface area contributed by atoms with Crippen molar-refractivity contribution in [3.8, 4) is 0 Å². The van der Waals surface area contributed by atoms with Crippen molar-refractivity contribution >= 4 is 12.1 Å². The molecule has 1 aromatic carbocycles. The van der Waals surface area contributed by atoms with E-state index in [4.69, 9.17) is 4.74 Å². The number of aliphatic carboxylic acids is 1. The molecule has 5 nitrogen and oxygen atoms in total. The Morgan fingerprint density at radius 3 is 2.81 bits per heavy atom. The lowest BCUT2D eigenvalue weighted by atomic mass is 9.80. The van der Waals surface area contributed by atoms with E-state index < -0.39 is 17.6 Å². The minimum Gasteiger partial charge on any atom is -0.479 e. The van der Waals surface area contributed by atoms with E-state index in [9.17, 15) is 14.7 Å². The fourth-order valence-corrected chi connectivity index (χ4v) is 3.55. The molecule has 1 heterocycles. The van der Waals surface area contributed by atoms with Gasteiger partial charge in [-0.25, -0.2) is 9.59 Å². The number of carbonyl (C=O) groups excluding carboxylic acids is 1. The van der Waals surface area contributed by atoms with Crippen LogP contribution >= 0.6 is 0 Å². The first-order chi connectivity index (χ1) is 10.1. The van der Waals surface area contributed by atoms with Crippen LogP contribution in [0.2, 0.25) is 0 Å². The van der Waals surface area contributed by atoms with Gasteiger partial charge in [0, 0.05) is 6.54 Å². The predicted molar refractivity (Wildman–Crippen MR) is 75.7 cm³/mol. The average molecular weight is 289 g/mol. The number of ether oxygens (including phenoxy) is 1. The van der Waals surface area contributed by atoms with Gasteiger partial charge in [-0.05, 0) is 30.7 Å². The van der Waals surface area contributed by atoms with Crippen LogP contribution in [-0.4, -0.2) is 34.2 Å².